The number of halogens is 3. The van der Waals surface area contributed by atoms with Crippen LogP contribution in [0.2, 0.25) is 0 Å². The largest absolute Gasteiger partial charge is 0.495 e. The van der Waals surface area contributed by atoms with E-state index in [1.807, 2.05) is 0 Å². The summed E-state index contributed by atoms with van der Waals surface area (Å²) >= 11 is 0. The van der Waals surface area contributed by atoms with Gasteiger partial charge in [-0.25, -0.2) is 0 Å². The van der Waals surface area contributed by atoms with Gasteiger partial charge < -0.3 is 19.8 Å². The fraction of sp³-hybridized carbons (Fsp3) is 0.143. The molecule has 0 atom stereocenters. The number of carbonyl (C=O) groups excluding carboxylic acids is 2. The quantitative estimate of drug-likeness (QED) is 0.598. The van der Waals surface area contributed by atoms with Crippen LogP contribution in [0.4, 0.5) is 24.5 Å². The molecule has 3 aromatic rings. The number of nitrogens with one attached hydrogen (secondary N) is 2. The molecule has 0 aliphatic heterocycles. The molecule has 1 heterocycles. The minimum absolute atomic E-state index is 0.0840. The first-order valence-corrected chi connectivity index (χ1v) is 8.72. The molecule has 1 aromatic heterocycles. The summed E-state index contributed by atoms with van der Waals surface area (Å²) in [6.07, 6.45) is -4.48. The van der Waals surface area contributed by atoms with Crippen molar-refractivity contribution in [3.63, 3.8) is 0 Å². The number of anilines is 2. The third kappa shape index (κ3) is 4.80. The molecule has 6 nitrogen and oxygen atoms in total. The van der Waals surface area contributed by atoms with Gasteiger partial charge >= 0.3 is 6.18 Å². The highest BCUT2D eigenvalue weighted by Crippen LogP contribution is 2.33. The zero-order valence-corrected chi connectivity index (χ0v) is 16.0. The van der Waals surface area contributed by atoms with E-state index < -0.39 is 17.6 Å². The normalized spacial score (nSPS) is 11.1. The molecule has 3 rings (SSSR count). The van der Waals surface area contributed by atoms with Crippen molar-refractivity contribution in [3.05, 3.63) is 65.9 Å². The van der Waals surface area contributed by atoms with Crippen LogP contribution in [0.3, 0.4) is 0 Å². The van der Waals surface area contributed by atoms with Gasteiger partial charge in [-0.1, -0.05) is 12.1 Å². The Morgan fingerprint density at radius 3 is 2.43 bits per heavy atom. The highest BCUT2D eigenvalue weighted by molar-refractivity contribution is 6.03. The van der Waals surface area contributed by atoms with E-state index in [1.165, 1.54) is 44.4 Å². The van der Waals surface area contributed by atoms with Crippen molar-refractivity contribution in [1.82, 2.24) is 0 Å². The van der Waals surface area contributed by atoms with Gasteiger partial charge in [0, 0.05) is 18.2 Å². The minimum atomic E-state index is -4.48. The fourth-order valence-corrected chi connectivity index (χ4v) is 2.73. The molecule has 0 aliphatic rings. The van der Waals surface area contributed by atoms with Crippen molar-refractivity contribution in [2.75, 3.05) is 17.7 Å². The van der Waals surface area contributed by atoms with E-state index in [4.69, 9.17) is 9.15 Å². The molecule has 0 unspecified atom stereocenters. The fourth-order valence-electron chi connectivity index (χ4n) is 2.73. The number of alkyl halides is 3. The molecule has 2 aromatic carbocycles. The van der Waals surface area contributed by atoms with Gasteiger partial charge in [-0.2, -0.15) is 13.2 Å². The second-order valence-corrected chi connectivity index (χ2v) is 6.29. The van der Waals surface area contributed by atoms with Crippen LogP contribution in [0.15, 0.2) is 59.0 Å². The summed E-state index contributed by atoms with van der Waals surface area (Å²) in [6.45, 7) is 1.34. The molecule has 0 saturated carbocycles. The molecule has 2 N–H and O–H groups in total. The van der Waals surface area contributed by atoms with Gasteiger partial charge in [0.05, 0.1) is 18.4 Å². The Morgan fingerprint density at radius 2 is 1.77 bits per heavy atom. The van der Waals surface area contributed by atoms with E-state index in [0.717, 1.165) is 12.1 Å². The van der Waals surface area contributed by atoms with Crippen LogP contribution in [0.25, 0.3) is 11.3 Å². The SMILES string of the molecule is COc1ccc(NC(=O)c2ccc(-c3cccc(C(F)(F)F)c3)o2)cc1NC(C)=O. The lowest BCUT2D eigenvalue weighted by Gasteiger charge is -2.11. The van der Waals surface area contributed by atoms with Crippen LogP contribution in [0, 0.1) is 0 Å². The Kier molecular flexibility index (Phi) is 5.81. The molecule has 0 fully saturated rings. The summed E-state index contributed by atoms with van der Waals surface area (Å²) in [6, 6.07) is 12.1. The molecule has 0 aliphatic carbocycles. The molecular formula is C21H17F3N2O4. The summed E-state index contributed by atoms with van der Waals surface area (Å²) in [5.41, 5.74) is 0.112. The molecular weight excluding hydrogens is 401 g/mol. The van der Waals surface area contributed by atoms with Crippen LogP contribution >= 0.6 is 0 Å². The average molecular weight is 418 g/mol. The van der Waals surface area contributed by atoms with E-state index in [0.29, 0.717) is 17.1 Å². The van der Waals surface area contributed by atoms with Gasteiger partial charge in [-0.3, -0.25) is 9.59 Å². The van der Waals surface area contributed by atoms with Crippen molar-refractivity contribution >= 4 is 23.2 Å². The molecule has 0 radical (unpaired) electrons. The zero-order chi connectivity index (χ0) is 21.9. The summed E-state index contributed by atoms with van der Waals surface area (Å²) in [7, 11) is 1.44. The van der Waals surface area contributed by atoms with Crippen molar-refractivity contribution < 1.29 is 31.9 Å². The number of rotatable bonds is 5. The Labute approximate surface area is 169 Å². The van der Waals surface area contributed by atoms with Gasteiger partial charge in [0.25, 0.3) is 5.91 Å². The predicted molar refractivity (Wildman–Crippen MR) is 104 cm³/mol. The maximum Gasteiger partial charge on any atom is 0.416 e. The summed E-state index contributed by atoms with van der Waals surface area (Å²) in [5, 5.41) is 5.19. The average Bonchev–Trinajstić information content (AvgIpc) is 3.18. The molecule has 2 amide bonds. The van der Waals surface area contributed by atoms with Crippen molar-refractivity contribution in [2.24, 2.45) is 0 Å². The minimum Gasteiger partial charge on any atom is -0.495 e. The molecule has 0 bridgehead atoms. The number of hydrogen-bond donors (Lipinski definition) is 2. The van der Waals surface area contributed by atoms with E-state index in [9.17, 15) is 22.8 Å². The van der Waals surface area contributed by atoms with E-state index in [1.54, 1.807) is 12.1 Å². The number of amides is 2. The highest BCUT2D eigenvalue weighted by atomic mass is 19.4. The Balaban J connectivity index is 1.80. The maximum absolute atomic E-state index is 12.9. The predicted octanol–water partition coefficient (Wildman–Crippen LogP) is 5.18. The van der Waals surface area contributed by atoms with Crippen molar-refractivity contribution in [1.29, 1.82) is 0 Å². The second kappa shape index (κ2) is 8.32. The highest BCUT2D eigenvalue weighted by Gasteiger charge is 2.30. The van der Waals surface area contributed by atoms with Gasteiger partial charge in [-0.15, -0.1) is 0 Å². The first kappa shape index (κ1) is 21.0. The molecule has 30 heavy (non-hydrogen) atoms. The smallest absolute Gasteiger partial charge is 0.416 e. The third-order valence-corrected chi connectivity index (χ3v) is 4.07. The maximum atomic E-state index is 12.9. The lowest BCUT2D eigenvalue weighted by molar-refractivity contribution is -0.137. The third-order valence-electron chi connectivity index (χ3n) is 4.07. The van der Waals surface area contributed by atoms with Crippen LogP contribution in [-0.2, 0) is 11.0 Å². The van der Waals surface area contributed by atoms with Crippen LogP contribution in [-0.4, -0.2) is 18.9 Å². The van der Waals surface area contributed by atoms with Gasteiger partial charge in [0.2, 0.25) is 5.91 Å². The Bertz CT molecular complexity index is 1090. The first-order chi connectivity index (χ1) is 14.2. The monoisotopic (exact) mass is 418 g/mol. The second-order valence-electron chi connectivity index (χ2n) is 6.29. The van der Waals surface area contributed by atoms with Gasteiger partial charge in [0.15, 0.2) is 5.76 Å². The van der Waals surface area contributed by atoms with Crippen molar-refractivity contribution in [3.8, 4) is 17.1 Å². The first-order valence-electron chi connectivity index (χ1n) is 8.72. The van der Waals surface area contributed by atoms with Gasteiger partial charge in [-0.05, 0) is 42.5 Å². The van der Waals surface area contributed by atoms with Crippen LogP contribution in [0.5, 0.6) is 5.75 Å². The lowest BCUT2D eigenvalue weighted by Crippen LogP contribution is -2.12. The molecule has 0 spiro atoms. The summed E-state index contributed by atoms with van der Waals surface area (Å²) < 4.78 is 49.3. The number of furan rings is 1. The van der Waals surface area contributed by atoms with E-state index in [2.05, 4.69) is 10.6 Å². The summed E-state index contributed by atoms with van der Waals surface area (Å²) in [4.78, 5) is 23.8. The van der Waals surface area contributed by atoms with Crippen molar-refractivity contribution in [2.45, 2.75) is 13.1 Å². The molecule has 0 saturated heterocycles. The Hall–Kier alpha value is -3.75. The molecule has 156 valence electrons. The number of hydrogen-bond acceptors (Lipinski definition) is 4. The number of carbonyl (C=O) groups is 2. The lowest BCUT2D eigenvalue weighted by atomic mass is 10.1. The number of benzene rings is 2. The summed E-state index contributed by atoms with van der Waals surface area (Å²) in [5.74, 6) is -0.465. The number of methoxy groups -OCH3 is 1. The van der Waals surface area contributed by atoms with Crippen LogP contribution < -0.4 is 15.4 Å². The molecule has 9 heteroatoms. The number of ether oxygens (including phenoxy) is 1. The zero-order valence-electron chi connectivity index (χ0n) is 16.0. The van der Waals surface area contributed by atoms with Crippen LogP contribution in [0.1, 0.15) is 23.0 Å². The topological polar surface area (TPSA) is 80.6 Å². The van der Waals surface area contributed by atoms with E-state index >= 15 is 0 Å². The Morgan fingerprint density at radius 1 is 1.00 bits per heavy atom. The standard InChI is InChI=1S/C21H17F3N2O4/c1-12(27)25-16-11-15(6-7-18(16)29-2)26-20(28)19-9-8-17(30-19)13-4-3-5-14(10-13)21(22,23)24/h3-11H,1-2H3,(H,25,27)(H,26,28). The van der Waals surface area contributed by atoms with Gasteiger partial charge in [0.1, 0.15) is 11.5 Å². The van der Waals surface area contributed by atoms with E-state index in [-0.39, 0.29) is 23.0 Å².